The molecule has 0 aliphatic rings. The molecule has 0 atom stereocenters. The van der Waals surface area contributed by atoms with Gasteiger partial charge >= 0.3 is 0 Å². The molecule has 226 valence electrons. The van der Waals surface area contributed by atoms with Crippen LogP contribution < -0.4 is 4.90 Å². The monoisotopic (exact) mass is 629 g/mol. The second kappa shape index (κ2) is 12.0. The van der Waals surface area contributed by atoms with E-state index in [2.05, 4.69) is 193 Å². The first-order valence-corrected chi connectivity index (χ1v) is 17.2. The summed E-state index contributed by atoms with van der Waals surface area (Å²) in [4.78, 5) is 2.42. The largest absolute Gasteiger partial charge is 0.310 e. The molecule has 9 rings (SSSR count). The molecule has 1 heterocycles. The van der Waals surface area contributed by atoms with Crippen LogP contribution in [0.3, 0.4) is 0 Å². The number of hydrogen-bond donors (Lipinski definition) is 0. The van der Waals surface area contributed by atoms with E-state index in [4.69, 9.17) is 0 Å². The standard InChI is InChI=1S/C46H31NS/c1-3-13-32(14-4-1)36-29-37(33-15-5-2-6-16-33)31-39(30-36)47(44-23-11-18-34-17-7-8-19-40(34)44)38-27-25-35(26-28-38)41-21-12-22-43-42-20-9-10-24-45(42)48-46(41)43/h1-31H. The first-order chi connectivity index (χ1) is 23.8. The Morgan fingerprint density at radius 2 is 0.938 bits per heavy atom. The molecule has 0 spiro atoms. The Morgan fingerprint density at radius 3 is 1.67 bits per heavy atom. The zero-order chi connectivity index (χ0) is 31.9. The zero-order valence-corrected chi connectivity index (χ0v) is 27.1. The van der Waals surface area contributed by atoms with Crippen molar-refractivity contribution in [3.63, 3.8) is 0 Å². The van der Waals surface area contributed by atoms with Gasteiger partial charge in [0.15, 0.2) is 0 Å². The number of benzene rings is 8. The van der Waals surface area contributed by atoms with Crippen LogP contribution in [-0.2, 0) is 0 Å². The molecule has 0 aliphatic carbocycles. The molecular formula is C46H31NS. The third-order valence-electron chi connectivity index (χ3n) is 9.24. The Labute approximate surface area is 284 Å². The minimum atomic E-state index is 1.11. The fourth-order valence-electron chi connectivity index (χ4n) is 6.93. The summed E-state index contributed by atoms with van der Waals surface area (Å²) in [6.07, 6.45) is 0. The minimum Gasteiger partial charge on any atom is -0.310 e. The molecule has 0 saturated carbocycles. The molecule has 0 unspecified atom stereocenters. The Bertz CT molecular complexity index is 2480. The van der Waals surface area contributed by atoms with E-state index in [9.17, 15) is 0 Å². The van der Waals surface area contributed by atoms with E-state index in [0.717, 1.165) is 17.1 Å². The minimum absolute atomic E-state index is 1.11. The van der Waals surface area contributed by atoms with Crippen LogP contribution in [-0.4, -0.2) is 0 Å². The van der Waals surface area contributed by atoms with Crippen molar-refractivity contribution in [2.24, 2.45) is 0 Å². The Kier molecular flexibility index (Phi) is 7.07. The third kappa shape index (κ3) is 5.04. The number of nitrogens with zero attached hydrogens (tertiary/aromatic N) is 1. The summed E-state index contributed by atoms with van der Waals surface area (Å²) >= 11 is 1.88. The van der Waals surface area contributed by atoms with E-state index >= 15 is 0 Å². The van der Waals surface area contributed by atoms with Gasteiger partial charge in [0.05, 0.1) is 5.69 Å². The zero-order valence-electron chi connectivity index (χ0n) is 26.3. The van der Waals surface area contributed by atoms with Gasteiger partial charge in [-0.2, -0.15) is 0 Å². The maximum absolute atomic E-state index is 2.42. The first kappa shape index (κ1) is 28.3. The first-order valence-electron chi connectivity index (χ1n) is 16.3. The molecular weight excluding hydrogens is 599 g/mol. The van der Waals surface area contributed by atoms with Gasteiger partial charge in [-0.05, 0) is 81.2 Å². The van der Waals surface area contributed by atoms with Crippen LogP contribution in [0.5, 0.6) is 0 Å². The van der Waals surface area contributed by atoms with E-state index in [-0.39, 0.29) is 0 Å². The van der Waals surface area contributed by atoms with Gasteiger partial charge in [0, 0.05) is 36.9 Å². The van der Waals surface area contributed by atoms with Crippen LogP contribution in [0, 0.1) is 0 Å². The second-order valence-corrected chi connectivity index (χ2v) is 13.2. The Morgan fingerprint density at radius 1 is 0.354 bits per heavy atom. The summed E-state index contributed by atoms with van der Waals surface area (Å²) < 4.78 is 2.66. The number of rotatable bonds is 6. The van der Waals surface area contributed by atoms with Crippen molar-refractivity contribution in [1.82, 2.24) is 0 Å². The highest BCUT2D eigenvalue weighted by atomic mass is 32.1. The van der Waals surface area contributed by atoms with Crippen molar-refractivity contribution >= 4 is 59.3 Å². The highest BCUT2D eigenvalue weighted by Crippen LogP contribution is 2.44. The predicted molar refractivity (Wildman–Crippen MR) is 208 cm³/mol. The molecule has 2 heteroatoms. The van der Waals surface area contributed by atoms with E-state index in [1.54, 1.807) is 0 Å². The van der Waals surface area contributed by atoms with Crippen LogP contribution in [0.15, 0.2) is 188 Å². The smallest absolute Gasteiger partial charge is 0.0540 e. The summed E-state index contributed by atoms with van der Waals surface area (Å²) in [5.41, 5.74) is 10.6. The fourth-order valence-corrected chi connectivity index (χ4v) is 8.17. The number of fused-ring (bicyclic) bond motifs is 4. The predicted octanol–water partition coefficient (Wildman–Crippen LogP) is 13.7. The van der Waals surface area contributed by atoms with Gasteiger partial charge in [-0.3, -0.25) is 0 Å². The topological polar surface area (TPSA) is 3.24 Å². The van der Waals surface area contributed by atoms with Gasteiger partial charge < -0.3 is 4.90 Å². The summed E-state index contributed by atoms with van der Waals surface area (Å²) in [5, 5.41) is 5.08. The molecule has 9 aromatic rings. The van der Waals surface area contributed by atoms with Crippen molar-refractivity contribution in [3.05, 3.63) is 188 Å². The molecule has 1 aromatic heterocycles. The number of thiophene rings is 1. The molecule has 48 heavy (non-hydrogen) atoms. The molecule has 8 aromatic carbocycles. The van der Waals surface area contributed by atoms with Gasteiger partial charge in [-0.25, -0.2) is 0 Å². The van der Waals surface area contributed by atoms with Crippen molar-refractivity contribution in [3.8, 4) is 33.4 Å². The van der Waals surface area contributed by atoms with E-state index in [1.165, 1.54) is 64.3 Å². The highest BCUT2D eigenvalue weighted by molar-refractivity contribution is 7.26. The van der Waals surface area contributed by atoms with Gasteiger partial charge in [0.1, 0.15) is 0 Å². The molecule has 0 bridgehead atoms. The summed E-state index contributed by atoms with van der Waals surface area (Å²) in [6.45, 7) is 0. The molecule has 0 aliphatic heterocycles. The Hall–Kier alpha value is -5.96. The molecule has 0 N–H and O–H groups in total. The van der Waals surface area contributed by atoms with E-state index < -0.39 is 0 Å². The van der Waals surface area contributed by atoms with Crippen molar-refractivity contribution in [1.29, 1.82) is 0 Å². The van der Waals surface area contributed by atoms with Crippen LogP contribution >= 0.6 is 11.3 Å². The summed E-state index contributed by atoms with van der Waals surface area (Å²) in [5.74, 6) is 0. The van der Waals surface area contributed by atoms with Gasteiger partial charge in [-0.1, -0.05) is 146 Å². The quantitative estimate of drug-likeness (QED) is 0.177. The maximum Gasteiger partial charge on any atom is 0.0540 e. The second-order valence-electron chi connectivity index (χ2n) is 12.2. The van der Waals surface area contributed by atoms with Gasteiger partial charge in [0.25, 0.3) is 0 Å². The average molecular weight is 630 g/mol. The Balaban J connectivity index is 1.24. The normalized spacial score (nSPS) is 11.3. The summed E-state index contributed by atoms with van der Waals surface area (Å²) in [7, 11) is 0. The third-order valence-corrected chi connectivity index (χ3v) is 10.5. The van der Waals surface area contributed by atoms with Gasteiger partial charge in [0.2, 0.25) is 0 Å². The van der Waals surface area contributed by atoms with Crippen molar-refractivity contribution < 1.29 is 0 Å². The van der Waals surface area contributed by atoms with E-state index in [1.807, 2.05) is 11.3 Å². The lowest BCUT2D eigenvalue weighted by molar-refractivity contribution is 1.30. The SMILES string of the molecule is c1ccc(-c2cc(-c3ccccc3)cc(N(c3ccc(-c4cccc5c4sc4ccccc45)cc3)c3cccc4ccccc34)c2)cc1. The number of hydrogen-bond acceptors (Lipinski definition) is 2. The molecule has 0 saturated heterocycles. The van der Waals surface area contributed by atoms with Crippen LogP contribution in [0.25, 0.3) is 64.3 Å². The van der Waals surface area contributed by atoms with Crippen LogP contribution in [0.4, 0.5) is 17.1 Å². The average Bonchev–Trinajstić information content (AvgIpc) is 3.55. The van der Waals surface area contributed by atoms with Crippen LogP contribution in [0.1, 0.15) is 0 Å². The number of anilines is 3. The van der Waals surface area contributed by atoms with Crippen LogP contribution in [0.2, 0.25) is 0 Å². The van der Waals surface area contributed by atoms with Crippen molar-refractivity contribution in [2.45, 2.75) is 0 Å². The lowest BCUT2D eigenvalue weighted by Crippen LogP contribution is -2.11. The summed E-state index contributed by atoms with van der Waals surface area (Å²) in [6, 6.07) is 68.2. The fraction of sp³-hybridized carbons (Fsp3) is 0. The molecule has 0 radical (unpaired) electrons. The van der Waals surface area contributed by atoms with E-state index in [0.29, 0.717) is 0 Å². The molecule has 1 nitrogen and oxygen atoms in total. The maximum atomic E-state index is 2.42. The van der Waals surface area contributed by atoms with Gasteiger partial charge in [-0.15, -0.1) is 11.3 Å². The molecule has 0 amide bonds. The van der Waals surface area contributed by atoms with Crippen molar-refractivity contribution in [2.75, 3.05) is 4.90 Å². The lowest BCUT2D eigenvalue weighted by atomic mass is 9.96. The molecule has 0 fully saturated rings. The lowest BCUT2D eigenvalue weighted by Gasteiger charge is -2.28. The highest BCUT2D eigenvalue weighted by Gasteiger charge is 2.18.